The molecule has 2 aliphatic rings. The molecule has 1 aliphatic heterocycles. The monoisotopic (exact) mass is 266 g/mol. The van der Waals surface area contributed by atoms with Gasteiger partial charge in [-0.05, 0) is 56.0 Å². The Bertz CT molecular complexity index is 296. The number of hydrogen-bond donors (Lipinski definition) is 1. The third kappa shape index (κ3) is 3.95. The van der Waals surface area contributed by atoms with Gasteiger partial charge in [0, 0.05) is 18.6 Å². The van der Waals surface area contributed by atoms with Gasteiger partial charge in [0.25, 0.3) is 0 Å². The molecule has 0 aromatic carbocycles. The second kappa shape index (κ2) is 5.73. The Hall–Kier alpha value is -0.0800. The summed E-state index contributed by atoms with van der Waals surface area (Å²) in [7, 11) is 0. The third-order valence-corrected chi connectivity index (χ3v) is 5.19. The molecule has 2 heteroatoms. The van der Waals surface area contributed by atoms with Crippen LogP contribution in [0.4, 0.5) is 0 Å². The van der Waals surface area contributed by atoms with E-state index in [4.69, 9.17) is 0 Å². The molecule has 0 spiro atoms. The van der Waals surface area contributed by atoms with Crippen LogP contribution >= 0.6 is 0 Å². The minimum absolute atomic E-state index is 0.525. The van der Waals surface area contributed by atoms with Crippen LogP contribution in [0.5, 0.6) is 0 Å². The molecule has 1 N–H and O–H groups in total. The summed E-state index contributed by atoms with van der Waals surface area (Å²) in [5.74, 6) is 0. The number of rotatable bonds is 4. The van der Waals surface area contributed by atoms with Gasteiger partial charge in [0.1, 0.15) is 0 Å². The molecule has 0 bridgehead atoms. The van der Waals surface area contributed by atoms with Crippen LogP contribution in [-0.4, -0.2) is 36.6 Å². The highest BCUT2D eigenvalue weighted by Crippen LogP contribution is 2.40. The van der Waals surface area contributed by atoms with E-state index in [9.17, 15) is 0 Å². The van der Waals surface area contributed by atoms with E-state index in [0.29, 0.717) is 10.8 Å². The molecule has 1 saturated heterocycles. The van der Waals surface area contributed by atoms with E-state index >= 15 is 0 Å². The second-order valence-electron chi connectivity index (χ2n) is 8.42. The van der Waals surface area contributed by atoms with Gasteiger partial charge < -0.3 is 5.32 Å². The van der Waals surface area contributed by atoms with Crippen LogP contribution in [0.15, 0.2) is 0 Å². The number of nitrogens with one attached hydrogen (secondary N) is 1. The van der Waals surface area contributed by atoms with Gasteiger partial charge in [0.05, 0.1) is 0 Å². The molecule has 2 atom stereocenters. The zero-order valence-corrected chi connectivity index (χ0v) is 13.8. The summed E-state index contributed by atoms with van der Waals surface area (Å²) >= 11 is 0. The molecule has 112 valence electrons. The molecule has 2 nitrogen and oxygen atoms in total. The van der Waals surface area contributed by atoms with Gasteiger partial charge in [-0.2, -0.15) is 0 Å². The number of nitrogens with zero attached hydrogens (tertiary/aromatic N) is 1. The van der Waals surface area contributed by atoms with Crippen LogP contribution in [0.1, 0.15) is 66.7 Å². The lowest BCUT2D eigenvalue weighted by Crippen LogP contribution is -2.54. The smallest absolute Gasteiger partial charge is 0.0254 e. The average molecular weight is 266 g/mol. The third-order valence-electron chi connectivity index (χ3n) is 5.19. The average Bonchev–Trinajstić information content (AvgIpc) is 2.67. The van der Waals surface area contributed by atoms with Crippen molar-refractivity contribution in [2.45, 2.75) is 78.8 Å². The fourth-order valence-corrected chi connectivity index (χ4v) is 3.94. The minimum Gasteiger partial charge on any atom is -0.312 e. The van der Waals surface area contributed by atoms with Crippen LogP contribution in [0.3, 0.4) is 0 Å². The largest absolute Gasteiger partial charge is 0.312 e. The van der Waals surface area contributed by atoms with Crippen molar-refractivity contribution in [3.63, 3.8) is 0 Å². The van der Waals surface area contributed by atoms with Crippen molar-refractivity contribution in [1.29, 1.82) is 0 Å². The SMILES string of the molecule is CCCNC1CCC(C)(C)CC1N1CCC(C)(C)C1. The van der Waals surface area contributed by atoms with Gasteiger partial charge >= 0.3 is 0 Å². The maximum absolute atomic E-state index is 3.82. The molecule has 1 saturated carbocycles. The second-order valence-corrected chi connectivity index (χ2v) is 8.42. The van der Waals surface area contributed by atoms with Crippen molar-refractivity contribution < 1.29 is 0 Å². The summed E-state index contributed by atoms with van der Waals surface area (Å²) in [4.78, 5) is 2.79. The lowest BCUT2D eigenvalue weighted by Gasteiger charge is -2.45. The highest BCUT2D eigenvalue weighted by molar-refractivity contribution is 4.97. The van der Waals surface area contributed by atoms with E-state index in [1.807, 2.05) is 0 Å². The predicted octanol–water partition coefficient (Wildman–Crippen LogP) is 3.67. The maximum Gasteiger partial charge on any atom is 0.0254 e. The molecule has 2 rings (SSSR count). The van der Waals surface area contributed by atoms with Crippen molar-refractivity contribution in [2.24, 2.45) is 10.8 Å². The van der Waals surface area contributed by atoms with E-state index in [0.717, 1.165) is 12.1 Å². The van der Waals surface area contributed by atoms with Crippen LogP contribution in [0.25, 0.3) is 0 Å². The Morgan fingerprint density at radius 1 is 1.11 bits per heavy atom. The van der Waals surface area contributed by atoms with Crippen LogP contribution < -0.4 is 5.32 Å². The first kappa shape index (κ1) is 15.3. The predicted molar refractivity (Wildman–Crippen MR) is 83.5 cm³/mol. The molecular weight excluding hydrogens is 232 g/mol. The Balaban J connectivity index is 2.03. The van der Waals surface area contributed by atoms with E-state index in [1.54, 1.807) is 0 Å². The summed E-state index contributed by atoms with van der Waals surface area (Å²) in [6.45, 7) is 15.8. The van der Waals surface area contributed by atoms with Gasteiger partial charge in [0.2, 0.25) is 0 Å². The Kier molecular flexibility index (Phi) is 4.62. The highest BCUT2D eigenvalue weighted by atomic mass is 15.2. The summed E-state index contributed by atoms with van der Waals surface area (Å²) < 4.78 is 0. The molecule has 2 fully saturated rings. The first-order valence-electron chi connectivity index (χ1n) is 8.30. The van der Waals surface area contributed by atoms with Crippen molar-refractivity contribution in [2.75, 3.05) is 19.6 Å². The molecule has 0 amide bonds. The summed E-state index contributed by atoms with van der Waals surface area (Å²) in [6, 6.07) is 1.49. The van der Waals surface area contributed by atoms with Crippen LogP contribution in [0, 0.1) is 10.8 Å². The van der Waals surface area contributed by atoms with Gasteiger partial charge in [-0.1, -0.05) is 34.6 Å². The molecule has 0 radical (unpaired) electrons. The molecule has 0 aromatic rings. The number of likely N-dealkylation sites (tertiary alicyclic amines) is 1. The lowest BCUT2D eigenvalue weighted by atomic mass is 9.72. The zero-order chi connectivity index (χ0) is 14.1. The first-order valence-corrected chi connectivity index (χ1v) is 8.30. The Morgan fingerprint density at radius 2 is 1.84 bits per heavy atom. The van der Waals surface area contributed by atoms with E-state index in [-0.39, 0.29) is 0 Å². The van der Waals surface area contributed by atoms with Crippen LogP contribution in [0.2, 0.25) is 0 Å². The molecule has 0 aromatic heterocycles. The molecule has 19 heavy (non-hydrogen) atoms. The van der Waals surface area contributed by atoms with Crippen molar-refractivity contribution in [3.05, 3.63) is 0 Å². The van der Waals surface area contributed by atoms with E-state index in [2.05, 4.69) is 44.8 Å². The molecule has 2 unspecified atom stereocenters. The van der Waals surface area contributed by atoms with Gasteiger partial charge in [-0.15, -0.1) is 0 Å². The lowest BCUT2D eigenvalue weighted by molar-refractivity contribution is 0.0745. The van der Waals surface area contributed by atoms with E-state index in [1.165, 1.54) is 51.7 Å². The minimum atomic E-state index is 0.525. The summed E-state index contributed by atoms with van der Waals surface area (Å²) in [6.07, 6.45) is 6.71. The van der Waals surface area contributed by atoms with E-state index < -0.39 is 0 Å². The summed E-state index contributed by atoms with van der Waals surface area (Å²) in [5, 5.41) is 3.82. The van der Waals surface area contributed by atoms with Gasteiger partial charge in [-0.25, -0.2) is 0 Å². The highest BCUT2D eigenvalue weighted by Gasteiger charge is 2.41. The quantitative estimate of drug-likeness (QED) is 0.835. The van der Waals surface area contributed by atoms with Gasteiger partial charge in [0.15, 0.2) is 0 Å². The maximum atomic E-state index is 3.82. The topological polar surface area (TPSA) is 15.3 Å². The first-order chi connectivity index (χ1) is 8.83. The molecular formula is C17H34N2. The standard InChI is InChI=1S/C17H34N2/c1-6-10-18-14-7-8-16(2,3)12-15(14)19-11-9-17(4,5)13-19/h14-15,18H,6-13H2,1-5H3. The molecule has 1 heterocycles. The van der Waals surface area contributed by atoms with Crippen LogP contribution in [-0.2, 0) is 0 Å². The summed E-state index contributed by atoms with van der Waals surface area (Å²) in [5.41, 5.74) is 1.05. The van der Waals surface area contributed by atoms with Gasteiger partial charge in [-0.3, -0.25) is 4.90 Å². The fourth-order valence-electron chi connectivity index (χ4n) is 3.94. The Labute approximate surface area is 120 Å². The molecule has 1 aliphatic carbocycles. The van der Waals surface area contributed by atoms with Crippen molar-refractivity contribution in [3.8, 4) is 0 Å². The normalized spacial score (nSPS) is 34.6. The Morgan fingerprint density at radius 3 is 2.42 bits per heavy atom. The van der Waals surface area contributed by atoms with Crippen molar-refractivity contribution in [1.82, 2.24) is 10.2 Å². The van der Waals surface area contributed by atoms with Crippen molar-refractivity contribution >= 4 is 0 Å². The number of hydrogen-bond acceptors (Lipinski definition) is 2. The zero-order valence-electron chi connectivity index (χ0n) is 13.8. The fraction of sp³-hybridized carbons (Fsp3) is 1.00.